The lowest BCUT2D eigenvalue weighted by atomic mass is 10.2. The van der Waals surface area contributed by atoms with Crippen molar-refractivity contribution in [3.8, 4) is 5.75 Å². The third-order valence-electron chi connectivity index (χ3n) is 2.90. The van der Waals surface area contributed by atoms with Crippen molar-refractivity contribution in [2.24, 2.45) is 0 Å². The Balaban J connectivity index is 1.90. The Morgan fingerprint density at radius 2 is 1.91 bits per heavy atom. The second kappa shape index (κ2) is 7.87. The van der Waals surface area contributed by atoms with Crippen molar-refractivity contribution in [1.82, 2.24) is 5.32 Å². The first-order valence-electron chi connectivity index (χ1n) is 7.19. The molecule has 0 spiro atoms. The molecule has 0 aliphatic rings. The molecule has 0 saturated heterocycles. The molecule has 0 aliphatic carbocycles. The topological polar surface area (TPSA) is 33.3 Å². The summed E-state index contributed by atoms with van der Waals surface area (Å²) in [5.74, 6) is -1.02. The van der Waals surface area contributed by atoms with E-state index in [0.717, 1.165) is 23.4 Å². The lowest BCUT2D eigenvalue weighted by molar-refractivity contribution is 0.242. The van der Waals surface area contributed by atoms with Gasteiger partial charge >= 0.3 is 0 Å². The average molecular weight is 336 g/mol. The van der Waals surface area contributed by atoms with Crippen LogP contribution in [-0.4, -0.2) is 11.2 Å². The molecule has 2 rings (SSSR count). The van der Waals surface area contributed by atoms with Gasteiger partial charge in [-0.25, -0.2) is 8.78 Å². The van der Waals surface area contributed by atoms with Crippen LogP contribution in [0.2, 0.25) is 0 Å². The van der Waals surface area contributed by atoms with E-state index in [4.69, 9.17) is 17.0 Å². The van der Waals surface area contributed by atoms with E-state index < -0.39 is 11.6 Å². The van der Waals surface area contributed by atoms with Crippen LogP contribution in [0.15, 0.2) is 42.5 Å². The number of hydrogen-bond acceptors (Lipinski definition) is 2. The molecule has 0 aromatic heterocycles. The maximum atomic E-state index is 13.1. The molecule has 2 aromatic carbocycles. The van der Waals surface area contributed by atoms with Gasteiger partial charge < -0.3 is 15.4 Å². The lowest BCUT2D eigenvalue weighted by Gasteiger charge is -2.13. The van der Waals surface area contributed by atoms with E-state index >= 15 is 0 Å². The number of benzene rings is 2. The van der Waals surface area contributed by atoms with Crippen LogP contribution in [0.5, 0.6) is 5.75 Å². The molecule has 122 valence electrons. The van der Waals surface area contributed by atoms with Gasteiger partial charge in [-0.3, -0.25) is 0 Å². The minimum Gasteiger partial charge on any atom is -0.491 e. The number of hydrogen-bond donors (Lipinski definition) is 2. The quantitative estimate of drug-likeness (QED) is 0.800. The molecular weight excluding hydrogens is 318 g/mol. The van der Waals surface area contributed by atoms with Crippen molar-refractivity contribution >= 4 is 23.0 Å². The Morgan fingerprint density at radius 3 is 2.61 bits per heavy atom. The summed E-state index contributed by atoms with van der Waals surface area (Å²) >= 11 is 5.14. The number of nitrogens with one attached hydrogen (secondary N) is 2. The van der Waals surface area contributed by atoms with E-state index in [0.29, 0.717) is 17.3 Å². The zero-order valence-corrected chi connectivity index (χ0v) is 13.7. The summed E-state index contributed by atoms with van der Waals surface area (Å²) in [5.41, 5.74) is 1.39. The van der Waals surface area contributed by atoms with Crippen LogP contribution in [-0.2, 0) is 6.54 Å². The number of rotatable bonds is 5. The van der Waals surface area contributed by atoms with Gasteiger partial charge in [0.15, 0.2) is 16.7 Å². The fourth-order valence-electron chi connectivity index (χ4n) is 1.93. The molecule has 0 aliphatic heterocycles. The van der Waals surface area contributed by atoms with Crippen LogP contribution in [0, 0.1) is 11.6 Å². The van der Waals surface area contributed by atoms with Gasteiger partial charge in [-0.2, -0.15) is 0 Å². The summed E-state index contributed by atoms with van der Waals surface area (Å²) in [6.07, 6.45) is 0.106. The minimum atomic E-state index is -0.920. The minimum absolute atomic E-state index is 0.106. The lowest BCUT2D eigenvalue weighted by Crippen LogP contribution is -2.27. The molecule has 23 heavy (non-hydrogen) atoms. The summed E-state index contributed by atoms with van der Waals surface area (Å²) in [6.45, 7) is 4.42. The fraction of sp³-hybridized carbons (Fsp3) is 0.235. The Hall–Kier alpha value is -2.21. The van der Waals surface area contributed by atoms with Crippen LogP contribution in [0.4, 0.5) is 14.5 Å². The van der Waals surface area contributed by atoms with Crippen LogP contribution in [0.1, 0.15) is 19.4 Å². The van der Waals surface area contributed by atoms with Gasteiger partial charge in [-0.1, -0.05) is 12.1 Å². The zero-order chi connectivity index (χ0) is 16.8. The highest BCUT2D eigenvalue weighted by Gasteiger charge is 2.04. The van der Waals surface area contributed by atoms with Gasteiger partial charge in [0, 0.05) is 18.3 Å². The summed E-state index contributed by atoms with van der Waals surface area (Å²) in [7, 11) is 0. The molecule has 2 N–H and O–H groups in total. The molecule has 0 fully saturated rings. The highest BCUT2D eigenvalue weighted by Crippen LogP contribution is 2.15. The molecule has 0 amide bonds. The fourth-order valence-corrected chi connectivity index (χ4v) is 2.12. The van der Waals surface area contributed by atoms with Gasteiger partial charge in [0.05, 0.1) is 6.10 Å². The van der Waals surface area contributed by atoms with Crippen LogP contribution >= 0.6 is 12.2 Å². The normalized spacial score (nSPS) is 10.5. The van der Waals surface area contributed by atoms with Crippen molar-refractivity contribution in [3.05, 3.63) is 59.7 Å². The van der Waals surface area contributed by atoms with Gasteiger partial charge in [0.1, 0.15) is 5.75 Å². The number of ether oxygens (including phenoxy) is 1. The first-order chi connectivity index (χ1) is 10.9. The highest BCUT2D eigenvalue weighted by molar-refractivity contribution is 7.80. The predicted octanol–water partition coefficient (Wildman–Crippen LogP) is 4.24. The summed E-state index contributed by atoms with van der Waals surface area (Å²) in [4.78, 5) is 0. The summed E-state index contributed by atoms with van der Waals surface area (Å²) < 4.78 is 31.6. The predicted molar refractivity (Wildman–Crippen MR) is 91.6 cm³/mol. The molecule has 0 saturated carbocycles. The molecule has 2 aromatic rings. The first-order valence-corrected chi connectivity index (χ1v) is 7.60. The van der Waals surface area contributed by atoms with E-state index in [1.165, 1.54) is 6.07 Å². The van der Waals surface area contributed by atoms with E-state index in [1.54, 1.807) is 0 Å². The second-order valence-electron chi connectivity index (χ2n) is 5.25. The van der Waals surface area contributed by atoms with Gasteiger partial charge in [0.25, 0.3) is 0 Å². The average Bonchev–Trinajstić information content (AvgIpc) is 2.49. The summed E-state index contributed by atoms with van der Waals surface area (Å²) in [5, 5.41) is 6.15. The molecule has 0 heterocycles. The standard InChI is InChI=1S/C17H18F2N2OS/c1-11(2)22-14-5-3-4-12(8-14)10-20-17(23)21-13-6-7-15(18)16(19)9-13/h3-9,11H,10H2,1-2H3,(H2,20,21,23). The Morgan fingerprint density at radius 1 is 1.13 bits per heavy atom. The highest BCUT2D eigenvalue weighted by atomic mass is 32.1. The van der Waals surface area contributed by atoms with E-state index in [9.17, 15) is 8.78 Å². The van der Waals surface area contributed by atoms with E-state index in [1.807, 2.05) is 38.1 Å². The molecular formula is C17H18F2N2OS. The first kappa shape index (κ1) is 17.1. The molecule has 0 atom stereocenters. The smallest absolute Gasteiger partial charge is 0.171 e. The maximum absolute atomic E-state index is 13.1. The Kier molecular flexibility index (Phi) is 5.87. The SMILES string of the molecule is CC(C)Oc1cccc(CNC(=S)Nc2ccc(F)c(F)c2)c1. The monoisotopic (exact) mass is 336 g/mol. The molecule has 3 nitrogen and oxygen atoms in total. The maximum Gasteiger partial charge on any atom is 0.171 e. The largest absolute Gasteiger partial charge is 0.491 e. The van der Waals surface area contributed by atoms with Gasteiger partial charge in [-0.05, 0) is 55.9 Å². The van der Waals surface area contributed by atoms with Crippen molar-refractivity contribution in [2.45, 2.75) is 26.5 Å². The van der Waals surface area contributed by atoms with Crippen molar-refractivity contribution in [1.29, 1.82) is 0 Å². The third-order valence-corrected chi connectivity index (χ3v) is 3.15. The Bertz CT molecular complexity index is 692. The van der Waals surface area contributed by atoms with Gasteiger partial charge in [-0.15, -0.1) is 0 Å². The van der Waals surface area contributed by atoms with E-state index in [2.05, 4.69) is 10.6 Å². The summed E-state index contributed by atoms with van der Waals surface area (Å²) in [6, 6.07) is 11.2. The molecule has 6 heteroatoms. The van der Waals surface area contributed by atoms with Crippen LogP contribution in [0.3, 0.4) is 0 Å². The molecule has 0 radical (unpaired) electrons. The Labute approximate surface area is 139 Å². The number of anilines is 1. The number of thiocarbonyl (C=S) groups is 1. The second-order valence-corrected chi connectivity index (χ2v) is 5.66. The van der Waals surface area contributed by atoms with Crippen molar-refractivity contribution in [2.75, 3.05) is 5.32 Å². The molecule has 0 bridgehead atoms. The van der Waals surface area contributed by atoms with Crippen molar-refractivity contribution < 1.29 is 13.5 Å². The van der Waals surface area contributed by atoms with Crippen LogP contribution < -0.4 is 15.4 Å². The zero-order valence-electron chi connectivity index (χ0n) is 12.9. The van der Waals surface area contributed by atoms with E-state index in [-0.39, 0.29) is 6.10 Å². The van der Waals surface area contributed by atoms with Crippen molar-refractivity contribution in [3.63, 3.8) is 0 Å². The third kappa shape index (κ3) is 5.49. The number of halogens is 2. The molecule has 0 unspecified atom stereocenters. The van der Waals surface area contributed by atoms with Gasteiger partial charge in [0.2, 0.25) is 0 Å². The van der Waals surface area contributed by atoms with Crippen LogP contribution in [0.25, 0.3) is 0 Å².